The maximum absolute atomic E-state index is 12.6. The number of methoxy groups -OCH3 is 1. The molecule has 0 bridgehead atoms. The Kier molecular flexibility index (Phi) is 4.54. The molecule has 0 aliphatic carbocycles. The molecule has 3 unspecified atom stereocenters. The third-order valence-corrected chi connectivity index (χ3v) is 5.37. The van der Waals surface area contributed by atoms with Gasteiger partial charge in [0, 0.05) is 26.6 Å². The quantitative estimate of drug-likeness (QED) is 0.721. The van der Waals surface area contributed by atoms with E-state index in [1.807, 2.05) is 0 Å². The molecule has 2 heterocycles. The van der Waals surface area contributed by atoms with Gasteiger partial charge in [-0.3, -0.25) is 4.79 Å². The molecule has 0 aromatic carbocycles. The smallest absolute Gasteiger partial charge is 0.326 e. The lowest BCUT2D eigenvalue weighted by molar-refractivity contribution is -0.149. The predicted octanol–water partition coefficient (Wildman–Crippen LogP) is -0.889. The number of carboxylic acid groups (broad SMARTS) is 1. The lowest BCUT2D eigenvalue weighted by Gasteiger charge is -2.28. The summed E-state index contributed by atoms with van der Waals surface area (Å²) in [5, 5.41) is 9.23. The van der Waals surface area contributed by atoms with Crippen molar-refractivity contribution < 1.29 is 27.9 Å². The molecule has 2 aliphatic rings. The maximum atomic E-state index is 12.6. The zero-order valence-corrected chi connectivity index (χ0v) is 12.9. The van der Waals surface area contributed by atoms with E-state index in [2.05, 4.69) is 0 Å². The van der Waals surface area contributed by atoms with Crippen LogP contribution in [0.5, 0.6) is 0 Å². The van der Waals surface area contributed by atoms with Gasteiger partial charge in [-0.15, -0.1) is 0 Å². The Morgan fingerprint density at radius 2 is 1.95 bits per heavy atom. The van der Waals surface area contributed by atoms with Crippen LogP contribution in [0.1, 0.15) is 19.3 Å². The van der Waals surface area contributed by atoms with E-state index in [1.54, 1.807) is 0 Å². The van der Waals surface area contributed by atoms with Crippen LogP contribution in [0.25, 0.3) is 0 Å². The molecule has 2 fully saturated rings. The summed E-state index contributed by atoms with van der Waals surface area (Å²) in [7, 11) is -2.01. The number of ether oxygens (including phenoxy) is 1. The topological polar surface area (TPSA) is 104 Å². The van der Waals surface area contributed by atoms with Crippen LogP contribution >= 0.6 is 0 Å². The molecule has 8 nitrogen and oxygen atoms in total. The Bertz CT molecular complexity index is 534. The zero-order chi connectivity index (χ0) is 15.8. The summed E-state index contributed by atoms with van der Waals surface area (Å²) in [6.07, 6.45) is 1.98. The van der Waals surface area contributed by atoms with Crippen molar-refractivity contribution >= 4 is 21.9 Å². The van der Waals surface area contributed by atoms with Crippen molar-refractivity contribution in [1.82, 2.24) is 9.21 Å². The van der Waals surface area contributed by atoms with E-state index in [-0.39, 0.29) is 19.1 Å². The summed E-state index contributed by atoms with van der Waals surface area (Å²) in [4.78, 5) is 25.1. The molecule has 2 aliphatic heterocycles. The first kappa shape index (κ1) is 16.2. The van der Waals surface area contributed by atoms with Gasteiger partial charge in [-0.2, -0.15) is 4.31 Å². The second-order valence-corrected chi connectivity index (χ2v) is 7.40. The molecule has 0 aromatic heterocycles. The van der Waals surface area contributed by atoms with Gasteiger partial charge in [-0.1, -0.05) is 0 Å². The molecule has 0 saturated carbocycles. The summed E-state index contributed by atoms with van der Waals surface area (Å²) < 4.78 is 29.7. The minimum Gasteiger partial charge on any atom is -0.480 e. The number of rotatable bonds is 4. The second kappa shape index (κ2) is 5.90. The van der Waals surface area contributed by atoms with Crippen molar-refractivity contribution in [1.29, 1.82) is 0 Å². The standard InChI is InChI=1S/C12H20N2O6S/c1-20-8-6-10(12(16)17)13(7-8)11(15)9-4-3-5-14(9)21(2,18)19/h8-10H,3-7H2,1-2H3,(H,16,17). The molecular formula is C12H20N2O6S. The molecule has 9 heteroatoms. The Morgan fingerprint density at radius 1 is 1.29 bits per heavy atom. The Morgan fingerprint density at radius 3 is 2.48 bits per heavy atom. The molecule has 2 saturated heterocycles. The van der Waals surface area contributed by atoms with Gasteiger partial charge in [0.1, 0.15) is 12.1 Å². The molecule has 3 atom stereocenters. The number of aliphatic carboxylic acids is 1. The van der Waals surface area contributed by atoms with Gasteiger partial charge in [0.25, 0.3) is 0 Å². The van der Waals surface area contributed by atoms with E-state index in [0.717, 1.165) is 10.6 Å². The average Bonchev–Trinajstić information content (AvgIpc) is 3.03. The van der Waals surface area contributed by atoms with E-state index in [0.29, 0.717) is 19.4 Å². The zero-order valence-electron chi connectivity index (χ0n) is 12.1. The summed E-state index contributed by atoms with van der Waals surface area (Å²) in [6.45, 7) is 0.481. The van der Waals surface area contributed by atoms with Gasteiger partial charge in [0.2, 0.25) is 15.9 Å². The first-order chi connectivity index (χ1) is 9.75. The van der Waals surface area contributed by atoms with Crippen molar-refractivity contribution in [3.63, 3.8) is 0 Å². The van der Waals surface area contributed by atoms with Crippen molar-refractivity contribution in [2.24, 2.45) is 0 Å². The van der Waals surface area contributed by atoms with Gasteiger partial charge in [0.05, 0.1) is 12.4 Å². The lowest BCUT2D eigenvalue weighted by Crippen LogP contribution is -2.50. The number of hydrogen-bond donors (Lipinski definition) is 1. The van der Waals surface area contributed by atoms with Crippen LogP contribution in [0.3, 0.4) is 0 Å². The number of hydrogen-bond acceptors (Lipinski definition) is 5. The Balaban J connectivity index is 2.20. The van der Waals surface area contributed by atoms with E-state index in [1.165, 1.54) is 12.0 Å². The normalized spacial score (nSPS) is 30.8. The largest absolute Gasteiger partial charge is 0.480 e. The predicted molar refractivity (Wildman–Crippen MR) is 73.1 cm³/mol. The van der Waals surface area contributed by atoms with Gasteiger partial charge in [-0.05, 0) is 12.8 Å². The third kappa shape index (κ3) is 3.19. The van der Waals surface area contributed by atoms with Crippen LogP contribution in [-0.2, 0) is 24.3 Å². The molecule has 0 spiro atoms. The van der Waals surface area contributed by atoms with Gasteiger partial charge in [-0.25, -0.2) is 13.2 Å². The SMILES string of the molecule is COC1CC(C(=O)O)N(C(=O)C2CCCN2S(C)(=O)=O)C1. The molecule has 120 valence electrons. The summed E-state index contributed by atoms with van der Waals surface area (Å²) >= 11 is 0. The first-order valence-electron chi connectivity index (χ1n) is 6.78. The summed E-state index contributed by atoms with van der Waals surface area (Å²) in [6, 6.07) is -1.75. The highest BCUT2D eigenvalue weighted by Crippen LogP contribution is 2.27. The van der Waals surface area contributed by atoms with Gasteiger partial charge < -0.3 is 14.7 Å². The van der Waals surface area contributed by atoms with Gasteiger partial charge in [0.15, 0.2) is 0 Å². The van der Waals surface area contributed by atoms with Gasteiger partial charge >= 0.3 is 5.97 Å². The van der Waals surface area contributed by atoms with E-state index < -0.39 is 34.0 Å². The molecule has 2 rings (SSSR count). The monoisotopic (exact) mass is 320 g/mol. The van der Waals surface area contributed by atoms with Crippen molar-refractivity contribution in [2.45, 2.75) is 37.5 Å². The Hall–Kier alpha value is -1.19. The fourth-order valence-corrected chi connectivity index (χ4v) is 4.14. The molecule has 21 heavy (non-hydrogen) atoms. The highest BCUT2D eigenvalue weighted by Gasteiger charge is 2.45. The van der Waals surface area contributed by atoms with Crippen LogP contribution in [-0.4, -0.2) is 79.2 Å². The van der Waals surface area contributed by atoms with E-state index in [4.69, 9.17) is 4.74 Å². The van der Waals surface area contributed by atoms with Crippen LogP contribution in [0.15, 0.2) is 0 Å². The van der Waals surface area contributed by atoms with Crippen LogP contribution in [0, 0.1) is 0 Å². The maximum Gasteiger partial charge on any atom is 0.326 e. The molecule has 0 aromatic rings. The van der Waals surface area contributed by atoms with Crippen LogP contribution in [0.2, 0.25) is 0 Å². The molecule has 1 amide bonds. The van der Waals surface area contributed by atoms with Crippen LogP contribution < -0.4 is 0 Å². The number of amides is 1. The minimum atomic E-state index is -3.48. The Labute approximate surface area is 123 Å². The number of carbonyl (C=O) groups is 2. The van der Waals surface area contributed by atoms with Crippen molar-refractivity contribution in [2.75, 3.05) is 26.5 Å². The van der Waals surface area contributed by atoms with E-state index in [9.17, 15) is 23.1 Å². The van der Waals surface area contributed by atoms with Crippen LogP contribution in [0.4, 0.5) is 0 Å². The fourth-order valence-electron chi connectivity index (χ4n) is 3.02. The highest BCUT2D eigenvalue weighted by molar-refractivity contribution is 7.88. The number of carbonyl (C=O) groups excluding carboxylic acids is 1. The summed E-state index contributed by atoms with van der Waals surface area (Å²) in [5.41, 5.74) is 0. The lowest BCUT2D eigenvalue weighted by atomic mass is 10.1. The third-order valence-electron chi connectivity index (χ3n) is 4.08. The number of carboxylic acids is 1. The first-order valence-corrected chi connectivity index (χ1v) is 8.63. The van der Waals surface area contributed by atoms with Crippen molar-refractivity contribution in [3.05, 3.63) is 0 Å². The number of sulfonamides is 1. The molecule has 0 radical (unpaired) electrons. The highest BCUT2D eigenvalue weighted by atomic mass is 32.2. The number of likely N-dealkylation sites (tertiary alicyclic amines) is 1. The average molecular weight is 320 g/mol. The van der Waals surface area contributed by atoms with E-state index >= 15 is 0 Å². The molecular weight excluding hydrogens is 300 g/mol. The van der Waals surface area contributed by atoms with Crippen molar-refractivity contribution in [3.8, 4) is 0 Å². The molecule has 1 N–H and O–H groups in total. The minimum absolute atomic E-state index is 0.181. The summed E-state index contributed by atoms with van der Waals surface area (Å²) in [5.74, 6) is -1.53. The fraction of sp³-hybridized carbons (Fsp3) is 0.833. The second-order valence-electron chi connectivity index (χ2n) is 5.47. The number of nitrogens with zero attached hydrogens (tertiary/aromatic N) is 2.